The van der Waals surface area contributed by atoms with Crippen LogP contribution in [0, 0.1) is 13.8 Å². The first-order valence-electron chi connectivity index (χ1n) is 9.38. The molecule has 0 unspecified atom stereocenters. The van der Waals surface area contributed by atoms with Gasteiger partial charge < -0.3 is 4.74 Å². The van der Waals surface area contributed by atoms with E-state index in [0.717, 1.165) is 21.6 Å². The third-order valence-corrected chi connectivity index (χ3v) is 5.31. The van der Waals surface area contributed by atoms with E-state index < -0.39 is 5.69 Å². The summed E-state index contributed by atoms with van der Waals surface area (Å²) in [4.78, 5) is 29.9. The van der Waals surface area contributed by atoms with Crippen LogP contribution in [-0.2, 0) is 14.1 Å². The van der Waals surface area contributed by atoms with Gasteiger partial charge in [0.05, 0.1) is 5.69 Å². The molecule has 4 rings (SSSR count). The Morgan fingerprint density at radius 3 is 2.52 bits per heavy atom. The van der Waals surface area contributed by atoms with Gasteiger partial charge in [-0.05, 0) is 32.9 Å². The minimum atomic E-state index is -0.403. The van der Waals surface area contributed by atoms with Gasteiger partial charge in [-0.2, -0.15) is 4.98 Å². The average Bonchev–Trinajstić information content (AvgIpc) is 3.21. The molecule has 150 valence electrons. The largest absolute Gasteiger partial charge is 0.487 e. The van der Waals surface area contributed by atoms with Crippen molar-refractivity contribution >= 4 is 16.9 Å². The summed E-state index contributed by atoms with van der Waals surface area (Å²) in [5.74, 6) is 1.27. The number of para-hydroxylation sites is 2. The molecule has 0 aliphatic heterocycles. The number of ether oxygens (including phenoxy) is 1. The summed E-state index contributed by atoms with van der Waals surface area (Å²) in [6, 6.07) is 7.70. The molecule has 0 aliphatic rings. The third-order valence-electron chi connectivity index (χ3n) is 5.31. The first-order valence-corrected chi connectivity index (χ1v) is 9.38. The van der Waals surface area contributed by atoms with Crippen molar-refractivity contribution < 1.29 is 4.74 Å². The highest BCUT2D eigenvalue weighted by atomic mass is 16.5. The van der Waals surface area contributed by atoms with Crippen LogP contribution in [0.3, 0.4) is 0 Å². The fourth-order valence-corrected chi connectivity index (χ4v) is 3.61. The van der Waals surface area contributed by atoms with E-state index >= 15 is 0 Å². The summed E-state index contributed by atoms with van der Waals surface area (Å²) >= 11 is 0. The van der Waals surface area contributed by atoms with Crippen LogP contribution in [-0.4, -0.2) is 29.7 Å². The average molecular weight is 393 g/mol. The molecule has 0 saturated heterocycles. The summed E-state index contributed by atoms with van der Waals surface area (Å²) in [5.41, 5.74) is 2.61. The van der Waals surface area contributed by atoms with Gasteiger partial charge in [-0.15, -0.1) is 0 Å². The highest BCUT2D eigenvalue weighted by molar-refractivity contribution is 5.77. The molecule has 0 bridgehead atoms. The predicted molar refractivity (Wildman–Crippen MR) is 112 cm³/mol. The maximum absolute atomic E-state index is 12.9. The summed E-state index contributed by atoms with van der Waals surface area (Å²) in [5, 5.41) is 0. The molecular weight excluding hydrogens is 370 g/mol. The Labute approximate surface area is 166 Å². The number of aromatic nitrogens is 5. The number of hydrogen-bond acceptors (Lipinski definition) is 4. The highest BCUT2D eigenvalue weighted by Gasteiger charge is 2.23. The highest BCUT2D eigenvalue weighted by Crippen LogP contribution is 2.29. The van der Waals surface area contributed by atoms with Gasteiger partial charge in [-0.3, -0.25) is 22.9 Å². The zero-order valence-electron chi connectivity index (χ0n) is 17.1. The van der Waals surface area contributed by atoms with E-state index in [1.807, 2.05) is 66.2 Å². The van der Waals surface area contributed by atoms with Gasteiger partial charge >= 0.3 is 5.69 Å². The molecule has 0 aliphatic carbocycles. The molecule has 4 aromatic rings. The van der Waals surface area contributed by atoms with Crippen LogP contribution in [0.25, 0.3) is 22.6 Å². The quantitative estimate of drug-likeness (QED) is 0.499. The fourth-order valence-electron chi connectivity index (χ4n) is 3.61. The number of nitrogens with zero attached hydrogens (tertiary/aromatic N) is 5. The molecule has 0 amide bonds. The maximum Gasteiger partial charge on any atom is 0.332 e. The zero-order valence-corrected chi connectivity index (χ0v) is 17.1. The van der Waals surface area contributed by atoms with Crippen molar-refractivity contribution in [1.29, 1.82) is 0 Å². The van der Waals surface area contributed by atoms with Crippen LogP contribution in [0.5, 0.6) is 5.75 Å². The second-order valence-corrected chi connectivity index (χ2v) is 6.98. The fraction of sp³-hybridized carbons (Fsp3) is 0.286. The normalized spacial score (nSPS) is 11.9. The van der Waals surface area contributed by atoms with Gasteiger partial charge in [0.15, 0.2) is 11.2 Å². The van der Waals surface area contributed by atoms with Gasteiger partial charge in [0, 0.05) is 25.5 Å². The lowest BCUT2D eigenvalue weighted by atomic mass is 10.2. The van der Waals surface area contributed by atoms with E-state index in [1.54, 1.807) is 7.05 Å². The van der Waals surface area contributed by atoms with Gasteiger partial charge in [-0.25, -0.2) is 4.79 Å². The smallest absolute Gasteiger partial charge is 0.332 e. The number of benzene rings is 1. The predicted octanol–water partition coefficient (Wildman–Crippen LogP) is 2.25. The van der Waals surface area contributed by atoms with Gasteiger partial charge in [0.1, 0.15) is 12.4 Å². The van der Waals surface area contributed by atoms with E-state index in [0.29, 0.717) is 29.3 Å². The van der Waals surface area contributed by atoms with Crippen molar-refractivity contribution in [2.45, 2.75) is 20.8 Å². The van der Waals surface area contributed by atoms with Gasteiger partial charge in [0.2, 0.25) is 5.78 Å². The lowest BCUT2D eigenvalue weighted by molar-refractivity contribution is 0.361. The molecule has 0 saturated carbocycles. The summed E-state index contributed by atoms with van der Waals surface area (Å²) < 4.78 is 12.2. The van der Waals surface area contributed by atoms with Crippen molar-refractivity contribution in [3.8, 4) is 11.4 Å². The van der Waals surface area contributed by atoms with Crippen molar-refractivity contribution in [1.82, 2.24) is 23.1 Å². The van der Waals surface area contributed by atoms with E-state index in [9.17, 15) is 9.59 Å². The monoisotopic (exact) mass is 393 g/mol. The van der Waals surface area contributed by atoms with Crippen molar-refractivity contribution in [2.75, 3.05) is 6.61 Å². The Morgan fingerprint density at radius 2 is 1.79 bits per heavy atom. The van der Waals surface area contributed by atoms with Crippen LogP contribution in [0.15, 0.2) is 46.0 Å². The first kappa shape index (κ1) is 18.8. The van der Waals surface area contributed by atoms with Crippen LogP contribution in [0.2, 0.25) is 0 Å². The number of hydrogen-bond donors (Lipinski definition) is 0. The molecule has 3 aromatic heterocycles. The lowest BCUT2D eigenvalue weighted by Gasteiger charge is -2.12. The molecule has 8 nitrogen and oxygen atoms in total. The molecule has 29 heavy (non-hydrogen) atoms. The minimum Gasteiger partial charge on any atom is -0.487 e. The number of aryl methyl sites for hydroxylation is 2. The second kappa shape index (κ2) is 6.80. The Morgan fingerprint density at radius 1 is 1.07 bits per heavy atom. The molecule has 0 N–H and O–H groups in total. The molecule has 0 spiro atoms. The SMILES string of the molecule is CC=CCOc1ccccc1-n1c(C)c(C)n2c3c(=O)n(C)c(=O)n(C)c3nc12. The Balaban J connectivity index is 2.10. The lowest BCUT2D eigenvalue weighted by Crippen LogP contribution is -2.37. The van der Waals surface area contributed by atoms with Crippen molar-refractivity contribution in [3.63, 3.8) is 0 Å². The molecule has 0 atom stereocenters. The van der Waals surface area contributed by atoms with Gasteiger partial charge in [0.25, 0.3) is 5.56 Å². The van der Waals surface area contributed by atoms with Gasteiger partial charge in [-0.1, -0.05) is 24.3 Å². The van der Waals surface area contributed by atoms with Crippen LogP contribution < -0.4 is 16.0 Å². The van der Waals surface area contributed by atoms with Crippen LogP contribution >= 0.6 is 0 Å². The van der Waals surface area contributed by atoms with Crippen molar-refractivity contribution in [2.24, 2.45) is 14.1 Å². The number of rotatable bonds is 4. The van der Waals surface area contributed by atoms with Crippen molar-refractivity contribution in [3.05, 3.63) is 68.6 Å². The first-order chi connectivity index (χ1) is 13.9. The molecular formula is C21H23N5O3. The minimum absolute atomic E-state index is 0.359. The van der Waals surface area contributed by atoms with E-state index in [4.69, 9.17) is 4.74 Å². The molecule has 1 aromatic carbocycles. The molecule has 0 radical (unpaired) electrons. The summed E-state index contributed by atoms with van der Waals surface area (Å²) in [7, 11) is 3.10. The molecule has 0 fully saturated rings. The molecule has 3 heterocycles. The van der Waals surface area contributed by atoms with E-state index in [-0.39, 0.29) is 5.56 Å². The topological polar surface area (TPSA) is 75.5 Å². The van der Waals surface area contributed by atoms with Crippen LogP contribution in [0.4, 0.5) is 0 Å². The second-order valence-electron chi connectivity index (χ2n) is 6.98. The van der Waals surface area contributed by atoms with Crippen LogP contribution in [0.1, 0.15) is 18.3 Å². The van der Waals surface area contributed by atoms with E-state index in [2.05, 4.69) is 4.98 Å². The Kier molecular flexibility index (Phi) is 4.41. The number of imidazole rings is 2. The standard InChI is InChI=1S/C21H23N5O3/c1-6-7-12-29-16-11-9-8-10-15(16)25-13(2)14(3)26-17-18(22-20(25)26)23(4)21(28)24(5)19(17)27/h6-11H,12H2,1-5H3. The van der Waals surface area contributed by atoms with E-state index in [1.165, 1.54) is 11.6 Å². The molecule has 8 heteroatoms. The maximum atomic E-state index is 12.9. The summed E-state index contributed by atoms with van der Waals surface area (Å²) in [6.45, 7) is 6.31. The number of fused-ring (bicyclic) bond motifs is 3. The zero-order chi connectivity index (χ0) is 20.9. The Hall–Kier alpha value is -3.55. The summed E-state index contributed by atoms with van der Waals surface area (Å²) in [6.07, 6.45) is 3.87. The Bertz CT molecular complexity index is 1400. The number of allylic oxidation sites excluding steroid dienone is 1. The third kappa shape index (κ3) is 2.63.